The molecule has 11 heavy (non-hydrogen) atoms. The summed E-state index contributed by atoms with van der Waals surface area (Å²) in [6, 6.07) is 0.358. The molecular formula is C9H19NO. The number of nitrogens with zero attached hydrogens (tertiary/aromatic N) is 1. The fraction of sp³-hybridized carbons (Fsp3) is 1.00. The van der Waals surface area contributed by atoms with Crippen LogP contribution < -0.4 is 0 Å². The number of piperidine rings is 1. The minimum absolute atomic E-state index is 0.358. The topological polar surface area (TPSA) is 23.5 Å². The first-order valence-corrected chi connectivity index (χ1v) is 4.44. The van der Waals surface area contributed by atoms with Crippen LogP contribution in [0.5, 0.6) is 0 Å². The van der Waals surface area contributed by atoms with E-state index in [2.05, 4.69) is 11.9 Å². The lowest BCUT2D eigenvalue weighted by Crippen LogP contribution is -2.49. The zero-order valence-electron chi connectivity index (χ0n) is 7.80. The van der Waals surface area contributed by atoms with Crippen LogP contribution in [-0.2, 0) is 0 Å². The van der Waals surface area contributed by atoms with Gasteiger partial charge in [-0.05, 0) is 40.3 Å². The Balaban J connectivity index is 2.55. The predicted molar refractivity (Wildman–Crippen MR) is 46.6 cm³/mol. The summed E-state index contributed by atoms with van der Waals surface area (Å²) < 4.78 is 0. The van der Waals surface area contributed by atoms with Crippen molar-refractivity contribution in [1.82, 2.24) is 4.90 Å². The zero-order valence-corrected chi connectivity index (χ0v) is 7.80. The van der Waals surface area contributed by atoms with E-state index in [1.54, 1.807) is 0 Å². The van der Waals surface area contributed by atoms with Crippen LogP contribution >= 0.6 is 0 Å². The molecule has 0 spiro atoms. The highest BCUT2D eigenvalue weighted by molar-refractivity contribution is 4.87. The third-order valence-corrected chi connectivity index (χ3v) is 2.59. The first-order chi connectivity index (χ1) is 5.02. The molecule has 0 amide bonds. The Labute approximate surface area is 69.2 Å². The lowest BCUT2D eigenvalue weighted by atomic mass is 9.90. The Morgan fingerprint density at radius 3 is 2.36 bits per heavy atom. The lowest BCUT2D eigenvalue weighted by Gasteiger charge is -2.40. The van der Waals surface area contributed by atoms with E-state index in [0.29, 0.717) is 6.04 Å². The summed E-state index contributed by atoms with van der Waals surface area (Å²) >= 11 is 0. The second kappa shape index (κ2) is 3.11. The summed E-state index contributed by atoms with van der Waals surface area (Å²) in [6.45, 7) is 4.94. The molecule has 1 rings (SSSR count). The van der Waals surface area contributed by atoms with Crippen LogP contribution in [0.15, 0.2) is 0 Å². The molecule has 2 nitrogen and oxygen atoms in total. The second-order valence-electron chi connectivity index (χ2n) is 4.15. The number of aliphatic hydroxyl groups is 1. The lowest BCUT2D eigenvalue weighted by molar-refractivity contribution is -0.0259. The largest absolute Gasteiger partial charge is 0.389 e. The average molecular weight is 157 g/mol. The Kier molecular flexibility index (Phi) is 2.55. The van der Waals surface area contributed by atoms with Crippen LogP contribution in [0.1, 0.15) is 33.1 Å². The van der Waals surface area contributed by atoms with Crippen LogP contribution in [0.3, 0.4) is 0 Å². The first-order valence-electron chi connectivity index (χ1n) is 4.44. The van der Waals surface area contributed by atoms with Crippen molar-refractivity contribution in [3.05, 3.63) is 0 Å². The fourth-order valence-corrected chi connectivity index (χ4v) is 1.97. The number of hydrogen-bond donors (Lipinski definition) is 1. The molecular weight excluding hydrogens is 138 g/mol. The van der Waals surface area contributed by atoms with Gasteiger partial charge < -0.3 is 10.0 Å². The Hall–Kier alpha value is -0.0800. The highest BCUT2D eigenvalue weighted by Crippen LogP contribution is 2.24. The zero-order chi connectivity index (χ0) is 8.48. The third kappa shape index (κ3) is 2.17. The molecule has 1 saturated heterocycles. The van der Waals surface area contributed by atoms with Crippen molar-refractivity contribution in [2.45, 2.75) is 44.8 Å². The van der Waals surface area contributed by atoms with Gasteiger partial charge in [0.2, 0.25) is 0 Å². The van der Waals surface area contributed by atoms with Crippen LogP contribution in [0, 0.1) is 0 Å². The smallest absolute Gasteiger partial charge is 0.0746 e. The molecule has 0 aromatic carbocycles. The summed E-state index contributed by atoms with van der Waals surface area (Å²) in [4.78, 5) is 2.27. The van der Waals surface area contributed by atoms with Crippen molar-refractivity contribution in [2.24, 2.45) is 0 Å². The number of rotatable bonds is 1. The van der Waals surface area contributed by atoms with E-state index in [-0.39, 0.29) is 0 Å². The van der Waals surface area contributed by atoms with Crippen molar-refractivity contribution >= 4 is 0 Å². The molecule has 1 heterocycles. The molecule has 0 aromatic rings. The Morgan fingerprint density at radius 2 is 2.00 bits per heavy atom. The Bertz CT molecular complexity index is 128. The fourth-order valence-electron chi connectivity index (χ4n) is 1.97. The molecule has 1 atom stereocenters. The summed E-state index contributed by atoms with van der Waals surface area (Å²) in [7, 11) is 2.10. The molecule has 2 heteroatoms. The number of hydrogen-bond acceptors (Lipinski definition) is 2. The van der Waals surface area contributed by atoms with Crippen LogP contribution in [0.4, 0.5) is 0 Å². The maximum absolute atomic E-state index is 9.77. The standard InChI is InChI=1S/C9H19NO/c1-9(2,11)8-6-4-5-7-10(8)3/h8,11H,4-7H2,1-3H3/t8-/m1/s1. The van der Waals surface area contributed by atoms with Gasteiger partial charge in [-0.15, -0.1) is 0 Å². The summed E-state index contributed by atoms with van der Waals surface area (Å²) in [5, 5.41) is 9.77. The molecule has 66 valence electrons. The van der Waals surface area contributed by atoms with Crippen molar-refractivity contribution in [3.8, 4) is 0 Å². The number of likely N-dealkylation sites (tertiary alicyclic amines) is 1. The van der Waals surface area contributed by atoms with Crippen LogP contribution in [0.25, 0.3) is 0 Å². The van der Waals surface area contributed by atoms with Crippen molar-refractivity contribution in [1.29, 1.82) is 0 Å². The molecule has 0 unspecified atom stereocenters. The molecule has 1 aliphatic rings. The minimum atomic E-state index is -0.533. The van der Waals surface area contributed by atoms with E-state index in [0.717, 1.165) is 13.0 Å². The quantitative estimate of drug-likeness (QED) is 0.619. The highest BCUT2D eigenvalue weighted by atomic mass is 16.3. The van der Waals surface area contributed by atoms with Gasteiger partial charge in [0.25, 0.3) is 0 Å². The van der Waals surface area contributed by atoms with Gasteiger partial charge in [-0.25, -0.2) is 0 Å². The molecule has 1 aliphatic heterocycles. The van der Waals surface area contributed by atoms with E-state index in [1.807, 2.05) is 13.8 Å². The monoisotopic (exact) mass is 157 g/mol. The summed E-state index contributed by atoms with van der Waals surface area (Å²) in [5.74, 6) is 0. The van der Waals surface area contributed by atoms with E-state index in [4.69, 9.17) is 0 Å². The summed E-state index contributed by atoms with van der Waals surface area (Å²) in [5.41, 5.74) is -0.533. The SMILES string of the molecule is CN1CCCC[C@@H]1C(C)(C)O. The normalized spacial score (nSPS) is 28.9. The molecule has 1 fully saturated rings. The van der Waals surface area contributed by atoms with Crippen LogP contribution in [0.2, 0.25) is 0 Å². The molecule has 0 aliphatic carbocycles. The second-order valence-corrected chi connectivity index (χ2v) is 4.15. The molecule has 0 bridgehead atoms. The van der Waals surface area contributed by atoms with Gasteiger partial charge in [-0.2, -0.15) is 0 Å². The van der Waals surface area contributed by atoms with E-state index < -0.39 is 5.60 Å². The maximum Gasteiger partial charge on any atom is 0.0746 e. The van der Waals surface area contributed by atoms with Crippen molar-refractivity contribution < 1.29 is 5.11 Å². The van der Waals surface area contributed by atoms with E-state index in [9.17, 15) is 5.11 Å². The van der Waals surface area contributed by atoms with Gasteiger partial charge in [0, 0.05) is 6.04 Å². The number of likely N-dealkylation sites (N-methyl/N-ethyl adjacent to an activating group) is 1. The maximum atomic E-state index is 9.77. The third-order valence-electron chi connectivity index (χ3n) is 2.59. The van der Waals surface area contributed by atoms with Gasteiger partial charge in [0.1, 0.15) is 0 Å². The predicted octanol–water partition coefficient (Wildman–Crippen LogP) is 1.24. The first kappa shape index (κ1) is 9.01. The van der Waals surface area contributed by atoms with Gasteiger partial charge >= 0.3 is 0 Å². The van der Waals surface area contributed by atoms with E-state index in [1.165, 1.54) is 12.8 Å². The van der Waals surface area contributed by atoms with Gasteiger partial charge in [0.05, 0.1) is 5.60 Å². The van der Waals surface area contributed by atoms with Crippen molar-refractivity contribution in [2.75, 3.05) is 13.6 Å². The van der Waals surface area contributed by atoms with Gasteiger partial charge in [-0.3, -0.25) is 0 Å². The van der Waals surface area contributed by atoms with Crippen molar-refractivity contribution in [3.63, 3.8) is 0 Å². The average Bonchev–Trinajstić information content (AvgIpc) is 1.86. The highest BCUT2D eigenvalue weighted by Gasteiger charge is 2.31. The molecule has 0 saturated carbocycles. The van der Waals surface area contributed by atoms with Crippen LogP contribution in [-0.4, -0.2) is 35.2 Å². The Morgan fingerprint density at radius 1 is 1.36 bits per heavy atom. The van der Waals surface area contributed by atoms with Gasteiger partial charge in [-0.1, -0.05) is 6.42 Å². The minimum Gasteiger partial charge on any atom is -0.389 e. The molecule has 0 radical (unpaired) electrons. The van der Waals surface area contributed by atoms with E-state index >= 15 is 0 Å². The molecule has 0 aromatic heterocycles. The summed E-state index contributed by atoms with van der Waals surface area (Å²) in [6.07, 6.45) is 3.68. The molecule has 1 N–H and O–H groups in total. The van der Waals surface area contributed by atoms with Gasteiger partial charge in [0.15, 0.2) is 0 Å².